The molecular weight excluding hydrogens is 240 g/mol. The van der Waals surface area contributed by atoms with Crippen molar-refractivity contribution in [3.63, 3.8) is 0 Å². The highest BCUT2D eigenvalue weighted by Gasteiger charge is 2.11. The van der Waals surface area contributed by atoms with E-state index in [1.54, 1.807) is 7.11 Å². The van der Waals surface area contributed by atoms with Gasteiger partial charge in [-0.15, -0.1) is 0 Å². The third kappa shape index (κ3) is 4.80. The predicted octanol–water partition coefficient (Wildman–Crippen LogP) is 2.87. The average Bonchev–Trinajstić information content (AvgIpc) is 2.42. The number of hydrogen-bond donors (Lipinski definition) is 1. The minimum atomic E-state index is -0.426. The van der Waals surface area contributed by atoms with Crippen LogP contribution in [0.2, 0.25) is 0 Å². The summed E-state index contributed by atoms with van der Waals surface area (Å²) in [5.41, 5.74) is 1.03. The van der Waals surface area contributed by atoms with Gasteiger partial charge in [0.25, 0.3) is 0 Å². The molecule has 1 unspecified atom stereocenters. The van der Waals surface area contributed by atoms with Crippen LogP contribution in [-0.2, 0) is 6.54 Å². The Labute approximate surface area is 115 Å². The van der Waals surface area contributed by atoms with Gasteiger partial charge >= 0.3 is 0 Å². The van der Waals surface area contributed by atoms with E-state index < -0.39 is 6.10 Å². The molecule has 1 rings (SSSR count). The van der Waals surface area contributed by atoms with Gasteiger partial charge in [-0.2, -0.15) is 5.26 Å². The smallest absolute Gasteiger partial charge is 0.184 e. The van der Waals surface area contributed by atoms with Gasteiger partial charge in [-0.05, 0) is 12.5 Å². The highest BCUT2D eigenvalue weighted by Crippen LogP contribution is 2.26. The van der Waals surface area contributed by atoms with Crippen molar-refractivity contribution in [2.75, 3.05) is 7.11 Å². The van der Waals surface area contributed by atoms with Crippen molar-refractivity contribution in [2.24, 2.45) is 0 Å². The lowest BCUT2D eigenvalue weighted by molar-refractivity contribution is 0.247. The Morgan fingerprint density at radius 1 is 1.37 bits per heavy atom. The van der Waals surface area contributed by atoms with E-state index in [2.05, 4.69) is 25.2 Å². The van der Waals surface area contributed by atoms with Gasteiger partial charge in [0.2, 0.25) is 0 Å². The summed E-state index contributed by atoms with van der Waals surface area (Å²) in [5, 5.41) is 12.3. The molecule has 0 fully saturated rings. The van der Waals surface area contributed by atoms with E-state index in [9.17, 15) is 0 Å². The zero-order valence-corrected chi connectivity index (χ0v) is 12.1. The summed E-state index contributed by atoms with van der Waals surface area (Å²) >= 11 is 0. The van der Waals surface area contributed by atoms with Gasteiger partial charge in [0.1, 0.15) is 17.6 Å². The Hall–Kier alpha value is -1.73. The van der Waals surface area contributed by atoms with Crippen LogP contribution in [0.25, 0.3) is 0 Å². The van der Waals surface area contributed by atoms with Gasteiger partial charge in [-0.3, -0.25) is 0 Å². The van der Waals surface area contributed by atoms with Gasteiger partial charge in [0.05, 0.1) is 7.11 Å². The SMILES string of the molecule is CCC(C#N)Oc1cc(OC)ccc1CNC(C)C. The Balaban J connectivity index is 2.92. The highest BCUT2D eigenvalue weighted by molar-refractivity contribution is 5.41. The van der Waals surface area contributed by atoms with Crippen LogP contribution in [0.15, 0.2) is 18.2 Å². The number of benzene rings is 1. The fraction of sp³-hybridized carbons (Fsp3) is 0.533. The van der Waals surface area contributed by atoms with Crippen LogP contribution in [0, 0.1) is 11.3 Å². The molecule has 0 heterocycles. The summed E-state index contributed by atoms with van der Waals surface area (Å²) in [6.45, 7) is 6.82. The molecule has 4 nitrogen and oxygen atoms in total. The fourth-order valence-corrected chi connectivity index (χ4v) is 1.59. The van der Waals surface area contributed by atoms with E-state index in [1.165, 1.54) is 0 Å². The van der Waals surface area contributed by atoms with Crippen LogP contribution in [0.4, 0.5) is 0 Å². The van der Waals surface area contributed by atoms with E-state index in [1.807, 2.05) is 25.1 Å². The summed E-state index contributed by atoms with van der Waals surface area (Å²) in [6.07, 6.45) is 0.231. The van der Waals surface area contributed by atoms with Crippen molar-refractivity contribution < 1.29 is 9.47 Å². The van der Waals surface area contributed by atoms with Crippen molar-refractivity contribution >= 4 is 0 Å². The van der Waals surface area contributed by atoms with Crippen LogP contribution in [-0.4, -0.2) is 19.3 Å². The van der Waals surface area contributed by atoms with Gasteiger partial charge in [-0.25, -0.2) is 0 Å². The first-order chi connectivity index (χ1) is 9.10. The first kappa shape index (κ1) is 15.3. The summed E-state index contributed by atoms with van der Waals surface area (Å²) in [4.78, 5) is 0. The van der Waals surface area contributed by atoms with Crippen molar-refractivity contribution in [1.82, 2.24) is 5.32 Å². The van der Waals surface area contributed by atoms with Gasteiger partial charge in [0, 0.05) is 24.2 Å². The molecule has 19 heavy (non-hydrogen) atoms. The first-order valence-electron chi connectivity index (χ1n) is 6.57. The zero-order valence-electron chi connectivity index (χ0n) is 12.1. The maximum Gasteiger partial charge on any atom is 0.184 e. The van der Waals surface area contributed by atoms with E-state index in [0.717, 1.165) is 11.3 Å². The van der Waals surface area contributed by atoms with Crippen molar-refractivity contribution in [2.45, 2.75) is 45.9 Å². The Morgan fingerprint density at radius 3 is 2.63 bits per heavy atom. The fourth-order valence-electron chi connectivity index (χ4n) is 1.59. The lowest BCUT2D eigenvalue weighted by Crippen LogP contribution is -2.23. The zero-order chi connectivity index (χ0) is 14.3. The number of nitrogens with zero attached hydrogens (tertiary/aromatic N) is 1. The third-order valence-electron chi connectivity index (χ3n) is 2.76. The topological polar surface area (TPSA) is 54.3 Å². The molecule has 1 aromatic rings. The molecule has 1 N–H and O–H groups in total. The second kappa shape index (κ2) is 7.65. The van der Waals surface area contributed by atoms with E-state index in [0.29, 0.717) is 24.8 Å². The Bertz CT molecular complexity index is 438. The number of ether oxygens (including phenoxy) is 2. The molecule has 0 amide bonds. The monoisotopic (exact) mass is 262 g/mol. The van der Waals surface area contributed by atoms with Crippen molar-refractivity contribution in [1.29, 1.82) is 5.26 Å². The Morgan fingerprint density at radius 2 is 2.11 bits per heavy atom. The molecular formula is C15H22N2O2. The molecule has 0 aromatic heterocycles. The van der Waals surface area contributed by atoms with Crippen molar-refractivity contribution in [3.05, 3.63) is 23.8 Å². The summed E-state index contributed by atoms with van der Waals surface area (Å²) in [6, 6.07) is 8.24. The van der Waals surface area contributed by atoms with Crippen LogP contribution in [0.3, 0.4) is 0 Å². The maximum absolute atomic E-state index is 9.00. The number of nitriles is 1. The minimum absolute atomic E-state index is 0.396. The summed E-state index contributed by atoms with van der Waals surface area (Å²) < 4.78 is 10.9. The molecule has 0 spiro atoms. The second-order valence-electron chi connectivity index (χ2n) is 4.65. The molecule has 1 atom stereocenters. The minimum Gasteiger partial charge on any atom is -0.497 e. The van der Waals surface area contributed by atoms with Crippen molar-refractivity contribution in [3.8, 4) is 17.6 Å². The van der Waals surface area contributed by atoms with Crippen LogP contribution >= 0.6 is 0 Å². The predicted molar refractivity (Wildman–Crippen MR) is 75.3 cm³/mol. The van der Waals surface area contributed by atoms with Gasteiger partial charge in [0.15, 0.2) is 6.10 Å². The van der Waals surface area contributed by atoms with E-state index in [4.69, 9.17) is 14.7 Å². The molecule has 0 aliphatic carbocycles. The molecule has 4 heteroatoms. The van der Waals surface area contributed by atoms with Gasteiger partial charge in [-0.1, -0.05) is 26.8 Å². The maximum atomic E-state index is 9.00. The molecule has 1 aromatic carbocycles. The first-order valence-corrected chi connectivity index (χ1v) is 6.57. The summed E-state index contributed by atoms with van der Waals surface area (Å²) in [5.74, 6) is 1.44. The van der Waals surface area contributed by atoms with E-state index in [-0.39, 0.29) is 0 Å². The molecule has 0 aliphatic rings. The molecule has 0 bridgehead atoms. The molecule has 0 radical (unpaired) electrons. The normalized spacial score (nSPS) is 12.0. The van der Waals surface area contributed by atoms with Crippen LogP contribution in [0.1, 0.15) is 32.8 Å². The highest BCUT2D eigenvalue weighted by atomic mass is 16.5. The third-order valence-corrected chi connectivity index (χ3v) is 2.76. The second-order valence-corrected chi connectivity index (χ2v) is 4.65. The quantitative estimate of drug-likeness (QED) is 0.821. The van der Waals surface area contributed by atoms with Crippen LogP contribution < -0.4 is 14.8 Å². The number of hydrogen-bond acceptors (Lipinski definition) is 4. The molecule has 0 aliphatic heterocycles. The lowest BCUT2D eigenvalue weighted by Gasteiger charge is -2.17. The average molecular weight is 262 g/mol. The van der Waals surface area contributed by atoms with E-state index >= 15 is 0 Å². The van der Waals surface area contributed by atoms with Crippen LogP contribution in [0.5, 0.6) is 11.5 Å². The number of rotatable bonds is 7. The molecule has 104 valence electrons. The molecule has 0 saturated carbocycles. The number of methoxy groups -OCH3 is 1. The standard InChI is InChI=1S/C15H22N2O2/c1-5-13(9-16)19-15-8-14(18-4)7-6-12(15)10-17-11(2)3/h6-8,11,13,17H,5,10H2,1-4H3. The largest absolute Gasteiger partial charge is 0.497 e. The lowest BCUT2D eigenvalue weighted by atomic mass is 10.1. The molecule has 0 saturated heterocycles. The number of nitrogens with one attached hydrogen (secondary N) is 1. The Kier molecular flexibility index (Phi) is 6.17. The van der Waals surface area contributed by atoms with Gasteiger partial charge < -0.3 is 14.8 Å². The summed E-state index contributed by atoms with van der Waals surface area (Å²) in [7, 11) is 1.62.